The normalized spacial score (nSPS) is 12.3. The van der Waals surface area contributed by atoms with Crippen molar-refractivity contribution in [1.29, 1.82) is 0 Å². The van der Waals surface area contributed by atoms with E-state index < -0.39 is 15.6 Å². The number of nitrogen functional groups attached to an aromatic ring is 1. The third-order valence-corrected chi connectivity index (χ3v) is 6.37. The van der Waals surface area contributed by atoms with Crippen LogP contribution in [0.5, 0.6) is 0 Å². The molecule has 0 spiro atoms. The average molecular weight is 430 g/mol. The van der Waals surface area contributed by atoms with Crippen LogP contribution in [0, 0.1) is 13.8 Å². The topological polar surface area (TPSA) is 123 Å². The number of hydrogen-bond donors (Lipinski definition) is 3. The first-order chi connectivity index (χ1) is 13.9. The number of anilines is 1. The Morgan fingerprint density at radius 2 is 1.83 bits per heavy atom. The van der Waals surface area contributed by atoms with Crippen LogP contribution in [0.3, 0.4) is 0 Å². The molecule has 0 amide bonds. The van der Waals surface area contributed by atoms with Crippen LogP contribution in [0.1, 0.15) is 25.1 Å². The SMILES string of the molecule is Cc1ccc(S(=O)(=O)NCC(C)(C)O)cc1-c1cnc(N)c(-c2cnn(C)c2C)c1. The second-order valence-electron chi connectivity index (χ2n) is 8.04. The van der Waals surface area contributed by atoms with Gasteiger partial charge in [0.1, 0.15) is 5.82 Å². The lowest BCUT2D eigenvalue weighted by Crippen LogP contribution is -2.38. The molecule has 3 rings (SSSR count). The standard InChI is InChI=1S/C21H27N5O3S/c1-13-6-7-16(30(28,29)25-12-21(3,4)27)9-17(13)15-8-18(20(22)23-10-15)19-11-24-26(5)14(19)2/h6-11,25,27H,12H2,1-5H3,(H2,22,23). The van der Waals surface area contributed by atoms with Crippen LogP contribution in [0.4, 0.5) is 5.82 Å². The largest absolute Gasteiger partial charge is 0.389 e. The van der Waals surface area contributed by atoms with E-state index in [4.69, 9.17) is 5.73 Å². The van der Waals surface area contributed by atoms with Gasteiger partial charge in [-0.25, -0.2) is 18.1 Å². The Labute approximate surface area is 176 Å². The third-order valence-electron chi connectivity index (χ3n) is 4.97. The van der Waals surface area contributed by atoms with Crippen molar-refractivity contribution in [3.05, 3.63) is 47.9 Å². The monoisotopic (exact) mass is 429 g/mol. The van der Waals surface area contributed by atoms with E-state index in [0.29, 0.717) is 5.82 Å². The summed E-state index contributed by atoms with van der Waals surface area (Å²) in [5.74, 6) is 0.378. The van der Waals surface area contributed by atoms with Crippen LogP contribution in [0.25, 0.3) is 22.3 Å². The maximum absolute atomic E-state index is 12.7. The van der Waals surface area contributed by atoms with Crippen LogP contribution < -0.4 is 10.5 Å². The minimum Gasteiger partial charge on any atom is -0.389 e. The van der Waals surface area contributed by atoms with Crippen molar-refractivity contribution in [1.82, 2.24) is 19.5 Å². The summed E-state index contributed by atoms with van der Waals surface area (Å²) in [5.41, 5.74) is 9.91. The minimum atomic E-state index is -3.78. The van der Waals surface area contributed by atoms with Gasteiger partial charge in [-0.2, -0.15) is 5.10 Å². The molecule has 3 aromatic rings. The molecule has 9 heteroatoms. The van der Waals surface area contributed by atoms with Gasteiger partial charge in [-0.3, -0.25) is 4.68 Å². The first-order valence-electron chi connectivity index (χ1n) is 9.46. The van der Waals surface area contributed by atoms with Crippen LogP contribution >= 0.6 is 0 Å². The minimum absolute atomic E-state index is 0.0909. The molecule has 0 saturated heterocycles. The molecule has 8 nitrogen and oxygen atoms in total. The van der Waals surface area contributed by atoms with E-state index >= 15 is 0 Å². The number of nitrogens with one attached hydrogen (secondary N) is 1. The van der Waals surface area contributed by atoms with Crippen molar-refractivity contribution in [2.45, 2.75) is 38.2 Å². The molecule has 30 heavy (non-hydrogen) atoms. The molecule has 0 bridgehead atoms. The van der Waals surface area contributed by atoms with Crippen molar-refractivity contribution >= 4 is 15.8 Å². The van der Waals surface area contributed by atoms with Gasteiger partial charge in [0, 0.05) is 42.2 Å². The highest BCUT2D eigenvalue weighted by molar-refractivity contribution is 7.89. The smallest absolute Gasteiger partial charge is 0.240 e. The highest BCUT2D eigenvalue weighted by Gasteiger charge is 2.21. The summed E-state index contributed by atoms with van der Waals surface area (Å²) in [6.07, 6.45) is 3.37. The van der Waals surface area contributed by atoms with Gasteiger partial charge in [-0.1, -0.05) is 6.07 Å². The molecule has 160 valence electrons. The van der Waals surface area contributed by atoms with Crippen LogP contribution in [-0.4, -0.2) is 40.4 Å². The van der Waals surface area contributed by atoms with E-state index in [-0.39, 0.29) is 11.4 Å². The van der Waals surface area contributed by atoms with Crippen molar-refractivity contribution in [3.63, 3.8) is 0 Å². The fourth-order valence-electron chi connectivity index (χ4n) is 3.04. The van der Waals surface area contributed by atoms with Gasteiger partial charge in [0.15, 0.2) is 0 Å². The van der Waals surface area contributed by atoms with Gasteiger partial charge in [0.25, 0.3) is 0 Å². The summed E-state index contributed by atoms with van der Waals surface area (Å²) in [4.78, 5) is 4.44. The first-order valence-corrected chi connectivity index (χ1v) is 10.9. The lowest BCUT2D eigenvalue weighted by Gasteiger charge is -2.18. The van der Waals surface area contributed by atoms with Gasteiger partial charge >= 0.3 is 0 Å². The van der Waals surface area contributed by atoms with Crippen molar-refractivity contribution < 1.29 is 13.5 Å². The number of sulfonamides is 1. The first kappa shape index (κ1) is 21.9. The number of benzene rings is 1. The van der Waals surface area contributed by atoms with Gasteiger partial charge < -0.3 is 10.8 Å². The van der Waals surface area contributed by atoms with Gasteiger partial charge in [0.2, 0.25) is 10.0 Å². The molecule has 0 fully saturated rings. The fraction of sp³-hybridized carbons (Fsp3) is 0.333. The van der Waals surface area contributed by atoms with Gasteiger partial charge in [0.05, 0.1) is 16.7 Å². The Kier molecular flexibility index (Phi) is 5.72. The molecule has 0 atom stereocenters. The maximum Gasteiger partial charge on any atom is 0.240 e. The molecular formula is C21H27N5O3S. The lowest BCUT2D eigenvalue weighted by molar-refractivity contribution is 0.0857. The average Bonchev–Trinajstić information content (AvgIpc) is 2.99. The van der Waals surface area contributed by atoms with E-state index in [2.05, 4.69) is 14.8 Å². The number of hydrogen-bond acceptors (Lipinski definition) is 6. The van der Waals surface area contributed by atoms with E-state index in [9.17, 15) is 13.5 Å². The summed E-state index contributed by atoms with van der Waals surface area (Å²) in [6, 6.07) is 6.80. The van der Waals surface area contributed by atoms with E-state index in [1.807, 2.05) is 27.0 Å². The molecule has 2 aromatic heterocycles. The lowest BCUT2D eigenvalue weighted by atomic mass is 9.98. The fourth-order valence-corrected chi connectivity index (χ4v) is 4.27. The zero-order valence-corrected chi connectivity index (χ0v) is 18.6. The highest BCUT2D eigenvalue weighted by atomic mass is 32.2. The zero-order chi connectivity index (χ0) is 22.3. The Morgan fingerprint density at radius 3 is 2.43 bits per heavy atom. The number of pyridine rings is 1. The van der Waals surface area contributed by atoms with Crippen molar-refractivity contribution in [2.24, 2.45) is 7.05 Å². The number of aryl methyl sites for hydroxylation is 2. The van der Waals surface area contributed by atoms with E-state index in [0.717, 1.165) is 33.5 Å². The Bertz CT molecular complexity index is 1190. The van der Waals surface area contributed by atoms with E-state index in [1.54, 1.807) is 35.3 Å². The Hall–Kier alpha value is -2.75. The molecule has 1 aromatic carbocycles. The molecule has 0 aliphatic heterocycles. The summed E-state index contributed by atoms with van der Waals surface area (Å²) < 4.78 is 29.6. The van der Waals surface area contributed by atoms with Crippen molar-refractivity contribution in [2.75, 3.05) is 12.3 Å². The number of nitrogens with zero attached hydrogens (tertiary/aromatic N) is 3. The molecule has 0 radical (unpaired) electrons. The molecular weight excluding hydrogens is 402 g/mol. The molecule has 0 saturated carbocycles. The van der Waals surface area contributed by atoms with Gasteiger partial charge in [-0.15, -0.1) is 0 Å². The Balaban J connectivity index is 2.06. The third kappa shape index (κ3) is 4.53. The summed E-state index contributed by atoms with van der Waals surface area (Å²) in [6.45, 7) is 6.84. The van der Waals surface area contributed by atoms with Gasteiger partial charge in [-0.05, 0) is 57.0 Å². The van der Waals surface area contributed by atoms with Crippen LogP contribution in [0.15, 0.2) is 41.6 Å². The predicted molar refractivity (Wildman–Crippen MR) is 117 cm³/mol. The number of nitrogens with two attached hydrogens (primary N) is 1. The Morgan fingerprint density at radius 1 is 1.13 bits per heavy atom. The number of aliphatic hydroxyl groups is 1. The molecule has 2 heterocycles. The highest BCUT2D eigenvalue weighted by Crippen LogP contribution is 2.33. The maximum atomic E-state index is 12.7. The number of rotatable bonds is 6. The summed E-state index contributed by atoms with van der Waals surface area (Å²) >= 11 is 0. The predicted octanol–water partition coefficient (Wildman–Crippen LogP) is 2.40. The van der Waals surface area contributed by atoms with E-state index in [1.165, 1.54) is 13.8 Å². The summed E-state index contributed by atoms with van der Waals surface area (Å²) in [7, 11) is -1.93. The molecule has 0 unspecified atom stereocenters. The van der Waals surface area contributed by atoms with Crippen LogP contribution in [-0.2, 0) is 17.1 Å². The second-order valence-corrected chi connectivity index (χ2v) is 9.80. The second kappa shape index (κ2) is 7.82. The summed E-state index contributed by atoms with van der Waals surface area (Å²) in [5, 5.41) is 14.1. The number of aromatic nitrogens is 3. The quantitative estimate of drug-likeness (QED) is 0.553. The van der Waals surface area contributed by atoms with Crippen molar-refractivity contribution in [3.8, 4) is 22.3 Å². The molecule has 0 aliphatic rings. The molecule has 0 aliphatic carbocycles. The molecule has 4 N–H and O–H groups in total. The van der Waals surface area contributed by atoms with Crippen LogP contribution in [0.2, 0.25) is 0 Å². The zero-order valence-electron chi connectivity index (χ0n) is 17.8.